The molecule has 0 fully saturated rings. The standard InChI is InChI=1S/C15H13FN4O2S/c1-2-20-12(17)11(13(21)19-15(20)22)10-7-23-14(18-10)8-4-3-5-9(16)6-8/h3-7H,2,17H2,1H3,(H,19,21,22). The molecule has 0 amide bonds. The number of hydrogen-bond acceptors (Lipinski definition) is 5. The Hall–Kier alpha value is -2.74. The number of benzene rings is 1. The summed E-state index contributed by atoms with van der Waals surface area (Å²) in [5.41, 5.74) is 5.91. The zero-order valence-corrected chi connectivity index (χ0v) is 13.0. The van der Waals surface area contributed by atoms with E-state index in [0.717, 1.165) is 0 Å². The summed E-state index contributed by atoms with van der Waals surface area (Å²) in [7, 11) is 0. The first kappa shape index (κ1) is 15.2. The number of nitrogens with one attached hydrogen (secondary N) is 1. The van der Waals surface area contributed by atoms with Gasteiger partial charge in [0.25, 0.3) is 5.56 Å². The smallest absolute Gasteiger partial charge is 0.329 e. The van der Waals surface area contributed by atoms with Crippen LogP contribution in [0, 0.1) is 5.82 Å². The third kappa shape index (κ3) is 2.68. The minimum absolute atomic E-state index is 0.0670. The topological polar surface area (TPSA) is 93.8 Å². The fourth-order valence-corrected chi connectivity index (χ4v) is 3.10. The van der Waals surface area contributed by atoms with E-state index < -0.39 is 11.2 Å². The highest BCUT2D eigenvalue weighted by molar-refractivity contribution is 7.13. The van der Waals surface area contributed by atoms with Crippen molar-refractivity contribution in [1.82, 2.24) is 14.5 Å². The fourth-order valence-electron chi connectivity index (χ4n) is 2.29. The van der Waals surface area contributed by atoms with Crippen LogP contribution in [0.2, 0.25) is 0 Å². The Labute approximate surface area is 134 Å². The maximum absolute atomic E-state index is 13.3. The lowest BCUT2D eigenvalue weighted by Crippen LogP contribution is -2.32. The molecule has 1 aromatic carbocycles. The number of halogens is 1. The van der Waals surface area contributed by atoms with E-state index in [1.54, 1.807) is 24.4 Å². The highest BCUT2D eigenvalue weighted by atomic mass is 32.1. The van der Waals surface area contributed by atoms with Gasteiger partial charge < -0.3 is 5.73 Å². The molecule has 118 valence electrons. The maximum Gasteiger partial charge on any atom is 0.329 e. The Morgan fingerprint density at radius 1 is 1.39 bits per heavy atom. The summed E-state index contributed by atoms with van der Waals surface area (Å²) in [6.07, 6.45) is 0. The van der Waals surface area contributed by atoms with Crippen LogP contribution < -0.4 is 17.0 Å². The highest BCUT2D eigenvalue weighted by Crippen LogP contribution is 2.29. The summed E-state index contributed by atoms with van der Waals surface area (Å²) in [5, 5.41) is 2.22. The fraction of sp³-hybridized carbons (Fsp3) is 0.133. The van der Waals surface area contributed by atoms with Crippen LogP contribution in [-0.2, 0) is 6.54 Å². The zero-order chi connectivity index (χ0) is 16.6. The normalized spacial score (nSPS) is 10.9. The number of hydrogen-bond donors (Lipinski definition) is 2. The quantitative estimate of drug-likeness (QED) is 0.768. The van der Waals surface area contributed by atoms with Crippen LogP contribution in [0.15, 0.2) is 39.2 Å². The summed E-state index contributed by atoms with van der Waals surface area (Å²) in [4.78, 5) is 30.4. The van der Waals surface area contributed by atoms with E-state index in [0.29, 0.717) is 22.8 Å². The average Bonchev–Trinajstić information content (AvgIpc) is 2.96. The molecule has 0 saturated carbocycles. The van der Waals surface area contributed by atoms with Gasteiger partial charge in [0, 0.05) is 17.5 Å². The minimum atomic E-state index is -0.590. The van der Waals surface area contributed by atoms with Crippen molar-refractivity contribution in [3.05, 3.63) is 56.3 Å². The molecule has 23 heavy (non-hydrogen) atoms. The van der Waals surface area contributed by atoms with Gasteiger partial charge in [0.05, 0.1) is 5.69 Å². The second kappa shape index (κ2) is 5.81. The molecule has 0 spiro atoms. The van der Waals surface area contributed by atoms with E-state index in [4.69, 9.17) is 5.73 Å². The van der Waals surface area contributed by atoms with Crippen molar-refractivity contribution in [2.75, 3.05) is 5.73 Å². The number of aromatic nitrogens is 3. The second-order valence-electron chi connectivity index (χ2n) is 4.81. The van der Waals surface area contributed by atoms with Crippen molar-refractivity contribution in [2.24, 2.45) is 0 Å². The lowest BCUT2D eigenvalue weighted by Gasteiger charge is -2.08. The van der Waals surface area contributed by atoms with Gasteiger partial charge in [0.15, 0.2) is 0 Å². The van der Waals surface area contributed by atoms with Crippen LogP contribution >= 0.6 is 11.3 Å². The number of rotatable bonds is 3. The molecule has 0 radical (unpaired) electrons. The number of thiazole rings is 1. The van der Waals surface area contributed by atoms with E-state index in [1.807, 2.05) is 0 Å². The molecule has 0 aliphatic rings. The molecule has 6 nitrogen and oxygen atoms in total. The molecule has 3 N–H and O–H groups in total. The number of H-pyrrole nitrogens is 1. The Kier molecular flexibility index (Phi) is 3.83. The number of nitrogens with two attached hydrogens (primary N) is 1. The molecule has 0 saturated heterocycles. The number of aromatic amines is 1. The van der Waals surface area contributed by atoms with Gasteiger partial charge in [-0.2, -0.15) is 0 Å². The molecule has 0 aliphatic carbocycles. The van der Waals surface area contributed by atoms with Gasteiger partial charge in [0.2, 0.25) is 0 Å². The number of nitrogen functional groups attached to an aromatic ring is 1. The molecular weight excluding hydrogens is 319 g/mol. The van der Waals surface area contributed by atoms with Crippen LogP contribution in [-0.4, -0.2) is 14.5 Å². The SMILES string of the molecule is CCn1c(N)c(-c2csc(-c3cccc(F)c3)n2)c(=O)[nH]c1=O. The molecule has 0 bridgehead atoms. The van der Waals surface area contributed by atoms with Gasteiger partial charge in [-0.15, -0.1) is 11.3 Å². The largest absolute Gasteiger partial charge is 0.384 e. The van der Waals surface area contributed by atoms with Crippen LogP contribution in [0.3, 0.4) is 0 Å². The lowest BCUT2D eigenvalue weighted by atomic mass is 10.2. The molecule has 3 rings (SSSR count). The Morgan fingerprint density at radius 2 is 2.17 bits per heavy atom. The minimum Gasteiger partial charge on any atom is -0.384 e. The van der Waals surface area contributed by atoms with Crippen molar-refractivity contribution in [1.29, 1.82) is 0 Å². The van der Waals surface area contributed by atoms with Crippen LogP contribution in [0.25, 0.3) is 21.8 Å². The molecule has 3 aromatic rings. The highest BCUT2D eigenvalue weighted by Gasteiger charge is 2.17. The van der Waals surface area contributed by atoms with Gasteiger partial charge in [-0.05, 0) is 19.1 Å². The van der Waals surface area contributed by atoms with E-state index in [2.05, 4.69) is 9.97 Å². The maximum atomic E-state index is 13.3. The molecule has 2 aromatic heterocycles. The first-order valence-electron chi connectivity index (χ1n) is 6.85. The number of anilines is 1. The van der Waals surface area contributed by atoms with Crippen molar-refractivity contribution in [2.45, 2.75) is 13.5 Å². The molecule has 0 aliphatic heterocycles. The van der Waals surface area contributed by atoms with Crippen molar-refractivity contribution < 1.29 is 4.39 Å². The van der Waals surface area contributed by atoms with Crippen molar-refractivity contribution in [3.8, 4) is 21.8 Å². The van der Waals surface area contributed by atoms with Crippen molar-refractivity contribution in [3.63, 3.8) is 0 Å². The molecule has 2 heterocycles. The predicted octanol–water partition coefficient (Wildman–Crippen LogP) is 2.07. The third-order valence-corrected chi connectivity index (χ3v) is 4.28. The molecule has 8 heteroatoms. The van der Waals surface area contributed by atoms with Crippen LogP contribution in [0.5, 0.6) is 0 Å². The summed E-state index contributed by atoms with van der Waals surface area (Å²) >= 11 is 1.27. The van der Waals surface area contributed by atoms with E-state index in [9.17, 15) is 14.0 Å². The van der Waals surface area contributed by atoms with Gasteiger partial charge in [-0.25, -0.2) is 14.2 Å². The zero-order valence-electron chi connectivity index (χ0n) is 12.2. The van der Waals surface area contributed by atoms with Crippen molar-refractivity contribution >= 4 is 17.2 Å². The average molecular weight is 332 g/mol. The summed E-state index contributed by atoms with van der Waals surface area (Å²) in [6, 6.07) is 6.03. The summed E-state index contributed by atoms with van der Waals surface area (Å²) in [5.74, 6) is -0.298. The predicted molar refractivity (Wildman–Crippen MR) is 87.9 cm³/mol. The Balaban J connectivity index is 2.15. The van der Waals surface area contributed by atoms with Gasteiger partial charge in [-0.1, -0.05) is 12.1 Å². The van der Waals surface area contributed by atoms with E-state index in [-0.39, 0.29) is 17.2 Å². The first-order chi connectivity index (χ1) is 11.0. The Morgan fingerprint density at radius 3 is 2.87 bits per heavy atom. The van der Waals surface area contributed by atoms with E-state index in [1.165, 1.54) is 28.0 Å². The summed E-state index contributed by atoms with van der Waals surface area (Å²) < 4.78 is 14.6. The Bertz CT molecular complexity index is 990. The van der Waals surface area contributed by atoms with Gasteiger partial charge in [0.1, 0.15) is 22.2 Å². The molecule has 0 unspecified atom stereocenters. The molecular formula is C15H13FN4O2S. The van der Waals surface area contributed by atoms with Gasteiger partial charge in [-0.3, -0.25) is 14.3 Å². The number of nitrogens with zero attached hydrogens (tertiary/aromatic N) is 2. The molecule has 0 atom stereocenters. The first-order valence-corrected chi connectivity index (χ1v) is 7.73. The lowest BCUT2D eigenvalue weighted by molar-refractivity contribution is 0.628. The van der Waals surface area contributed by atoms with Crippen LogP contribution in [0.4, 0.5) is 10.2 Å². The van der Waals surface area contributed by atoms with E-state index >= 15 is 0 Å². The third-order valence-electron chi connectivity index (χ3n) is 3.39. The summed E-state index contributed by atoms with van der Waals surface area (Å²) in [6.45, 7) is 2.08. The van der Waals surface area contributed by atoms with Gasteiger partial charge >= 0.3 is 5.69 Å². The monoisotopic (exact) mass is 332 g/mol. The van der Waals surface area contributed by atoms with Crippen LogP contribution in [0.1, 0.15) is 6.92 Å². The second-order valence-corrected chi connectivity index (χ2v) is 5.67.